The molecule has 192 valence electrons. The van der Waals surface area contributed by atoms with Gasteiger partial charge in [-0.3, -0.25) is 0 Å². The number of nitrogens with zero attached hydrogens (tertiary/aromatic N) is 4. The molecule has 2 aromatic carbocycles. The molecule has 1 saturated heterocycles. The number of halogens is 2. The minimum absolute atomic E-state index is 0.0364. The quantitative estimate of drug-likeness (QED) is 0.414. The van der Waals surface area contributed by atoms with Crippen molar-refractivity contribution < 1.29 is 23.4 Å². The van der Waals surface area contributed by atoms with E-state index in [0.717, 1.165) is 0 Å². The fourth-order valence-corrected chi connectivity index (χ4v) is 5.22. The van der Waals surface area contributed by atoms with Gasteiger partial charge in [-0.2, -0.15) is 10.4 Å². The van der Waals surface area contributed by atoms with Crippen LogP contribution in [0.1, 0.15) is 23.6 Å². The maximum Gasteiger partial charge on any atom is 0.177 e. The van der Waals surface area contributed by atoms with E-state index in [0.29, 0.717) is 24.3 Å². The number of aromatic nitrogens is 3. The Labute approximate surface area is 218 Å². The molecule has 0 radical (unpaired) electrons. The number of thioether (sulfide) groups is 1. The summed E-state index contributed by atoms with van der Waals surface area (Å²) in [5, 5.41) is 24.3. The summed E-state index contributed by atoms with van der Waals surface area (Å²) >= 11 is 1.52. The fourth-order valence-electron chi connectivity index (χ4n) is 3.89. The van der Waals surface area contributed by atoms with E-state index in [1.54, 1.807) is 53.3 Å². The molecule has 7 nitrogen and oxygen atoms in total. The van der Waals surface area contributed by atoms with Gasteiger partial charge in [-0.25, -0.2) is 18.4 Å². The summed E-state index contributed by atoms with van der Waals surface area (Å²) in [6.07, 6.45) is 9.09. The van der Waals surface area contributed by atoms with Crippen LogP contribution >= 0.6 is 11.8 Å². The zero-order valence-corrected chi connectivity index (χ0v) is 20.9. The first-order valence-corrected chi connectivity index (χ1v) is 12.6. The lowest BCUT2D eigenvalue weighted by atomic mass is 9.90. The Bertz CT molecular complexity index is 1270. The third-order valence-corrected chi connectivity index (χ3v) is 7.42. The summed E-state index contributed by atoms with van der Waals surface area (Å²) in [7, 11) is 0. The minimum atomic E-state index is -1.34. The van der Waals surface area contributed by atoms with Gasteiger partial charge in [0, 0.05) is 10.8 Å². The van der Waals surface area contributed by atoms with Crippen molar-refractivity contribution in [2.45, 2.75) is 35.9 Å². The molecule has 37 heavy (non-hydrogen) atoms. The number of aliphatic hydroxyl groups is 1. The van der Waals surface area contributed by atoms with Gasteiger partial charge in [0.2, 0.25) is 0 Å². The Morgan fingerprint density at radius 1 is 1.22 bits per heavy atom. The van der Waals surface area contributed by atoms with Gasteiger partial charge in [0.15, 0.2) is 6.29 Å². The lowest BCUT2D eigenvalue weighted by molar-refractivity contribution is -0.146. The van der Waals surface area contributed by atoms with Gasteiger partial charge in [0.25, 0.3) is 0 Å². The van der Waals surface area contributed by atoms with E-state index in [1.165, 1.54) is 42.6 Å². The van der Waals surface area contributed by atoms with Gasteiger partial charge in [-0.05, 0) is 35.9 Å². The van der Waals surface area contributed by atoms with Gasteiger partial charge >= 0.3 is 0 Å². The van der Waals surface area contributed by atoms with Crippen molar-refractivity contribution in [3.8, 4) is 6.07 Å². The zero-order valence-electron chi connectivity index (χ0n) is 20.1. The second-order valence-corrected chi connectivity index (χ2v) is 10.2. The summed E-state index contributed by atoms with van der Waals surface area (Å²) in [6.45, 7) is 2.87. The van der Waals surface area contributed by atoms with Crippen LogP contribution in [0.5, 0.6) is 0 Å². The lowest BCUT2D eigenvalue weighted by Crippen LogP contribution is -2.43. The molecule has 2 atom stereocenters. The van der Waals surface area contributed by atoms with Crippen LogP contribution in [0.15, 0.2) is 73.3 Å². The maximum atomic E-state index is 14.0. The summed E-state index contributed by atoms with van der Waals surface area (Å²) in [6, 6.07) is 12.0. The van der Waals surface area contributed by atoms with Crippen molar-refractivity contribution in [2.24, 2.45) is 0 Å². The number of hydrogen-bond donors (Lipinski definition) is 1. The molecule has 1 unspecified atom stereocenters. The minimum Gasteiger partial charge on any atom is -0.382 e. The van der Waals surface area contributed by atoms with Gasteiger partial charge in [0.05, 0.1) is 36.6 Å². The number of allylic oxidation sites excluding steroid dienone is 2. The lowest BCUT2D eigenvalue weighted by Gasteiger charge is -2.37. The number of nitriles is 1. The number of rotatable bonds is 9. The second kappa shape index (κ2) is 12.3. The van der Waals surface area contributed by atoms with Crippen molar-refractivity contribution in [3.05, 3.63) is 102 Å². The van der Waals surface area contributed by atoms with E-state index < -0.39 is 17.7 Å². The fraction of sp³-hybridized carbons (Fsp3) is 0.296. The molecule has 2 heterocycles. The average Bonchev–Trinajstić information content (AvgIpc) is 3.41. The van der Waals surface area contributed by atoms with Crippen LogP contribution in [0.25, 0.3) is 6.08 Å². The molecule has 0 spiro atoms. The van der Waals surface area contributed by atoms with E-state index in [9.17, 15) is 13.9 Å². The average molecular weight is 525 g/mol. The van der Waals surface area contributed by atoms with Crippen LogP contribution in [-0.2, 0) is 21.6 Å². The van der Waals surface area contributed by atoms with E-state index in [4.69, 9.17) is 14.7 Å². The molecule has 10 heteroatoms. The molecule has 1 aliphatic heterocycles. The maximum absolute atomic E-state index is 14.0. The molecular formula is C27H26F2N4O3S. The van der Waals surface area contributed by atoms with Gasteiger partial charge in [-0.15, -0.1) is 11.8 Å². The van der Waals surface area contributed by atoms with Gasteiger partial charge in [-0.1, -0.05) is 43.4 Å². The van der Waals surface area contributed by atoms with Crippen molar-refractivity contribution in [3.63, 3.8) is 0 Å². The van der Waals surface area contributed by atoms with E-state index >= 15 is 0 Å². The normalized spacial score (nSPS) is 20.6. The molecule has 0 bridgehead atoms. The highest BCUT2D eigenvalue weighted by Gasteiger charge is 2.39. The van der Waals surface area contributed by atoms with Crippen molar-refractivity contribution in [1.82, 2.24) is 14.8 Å². The molecule has 3 aromatic rings. The predicted octanol–water partition coefficient (Wildman–Crippen LogP) is 4.45. The first-order chi connectivity index (χ1) is 17.9. The Morgan fingerprint density at radius 3 is 2.62 bits per heavy atom. The summed E-state index contributed by atoms with van der Waals surface area (Å²) in [4.78, 5) is 3.95. The standard InChI is InChI=1S/C27H26F2N4O3S/c1-19(27(34,16-33-18-31-17-32-33)22-8-10-23(28)11-9-22)37-24-14-35-26(36-15-24)5-3-2-4-21-7-6-20(13-30)12-25(21)29/h2-12,17-19,24,26,34H,14-16H2,1H3/b4-2+,5-3+/t19?,24?,26?,27-/m1/s1. The third kappa shape index (κ3) is 6.90. The summed E-state index contributed by atoms with van der Waals surface area (Å²) in [5.41, 5.74) is -0.119. The monoisotopic (exact) mass is 524 g/mol. The van der Waals surface area contributed by atoms with E-state index in [2.05, 4.69) is 10.1 Å². The molecule has 0 aliphatic carbocycles. The Kier molecular flexibility index (Phi) is 8.84. The highest BCUT2D eigenvalue weighted by atomic mass is 32.2. The van der Waals surface area contributed by atoms with Crippen LogP contribution in [0, 0.1) is 23.0 Å². The topological polar surface area (TPSA) is 93.2 Å². The molecule has 1 fully saturated rings. The largest absolute Gasteiger partial charge is 0.382 e. The smallest absolute Gasteiger partial charge is 0.177 e. The Hall–Kier alpha value is -3.36. The number of ether oxygens (including phenoxy) is 2. The predicted molar refractivity (Wildman–Crippen MR) is 136 cm³/mol. The molecule has 0 amide bonds. The second-order valence-electron chi connectivity index (χ2n) is 8.55. The van der Waals surface area contributed by atoms with Gasteiger partial charge < -0.3 is 14.6 Å². The summed E-state index contributed by atoms with van der Waals surface area (Å²) < 4.78 is 40.6. The molecule has 1 aromatic heterocycles. The Balaban J connectivity index is 1.33. The zero-order chi connectivity index (χ0) is 26.3. The molecule has 0 saturated carbocycles. The SMILES string of the molecule is CC(SC1COC(/C=C/C=C/c2ccc(C#N)cc2F)OC1)[C@](O)(Cn1cncn1)c1ccc(F)cc1. The van der Waals surface area contributed by atoms with Crippen LogP contribution in [0.4, 0.5) is 8.78 Å². The van der Waals surface area contributed by atoms with Crippen molar-refractivity contribution in [1.29, 1.82) is 5.26 Å². The van der Waals surface area contributed by atoms with Gasteiger partial charge in [0.1, 0.15) is 29.9 Å². The number of benzene rings is 2. The highest BCUT2D eigenvalue weighted by molar-refractivity contribution is 8.00. The molecule has 4 rings (SSSR count). The third-order valence-electron chi connectivity index (χ3n) is 5.96. The Morgan fingerprint density at radius 2 is 1.97 bits per heavy atom. The first-order valence-electron chi connectivity index (χ1n) is 11.6. The van der Waals surface area contributed by atoms with Crippen molar-refractivity contribution in [2.75, 3.05) is 13.2 Å². The van der Waals surface area contributed by atoms with Crippen LogP contribution < -0.4 is 0 Å². The molecule has 1 N–H and O–H groups in total. The highest BCUT2D eigenvalue weighted by Crippen LogP contribution is 2.37. The van der Waals surface area contributed by atoms with Crippen molar-refractivity contribution >= 4 is 17.8 Å². The molecule has 1 aliphatic rings. The van der Waals surface area contributed by atoms with Crippen LogP contribution in [0.2, 0.25) is 0 Å². The van der Waals surface area contributed by atoms with E-state index in [-0.39, 0.29) is 28.4 Å². The van der Waals surface area contributed by atoms with E-state index in [1.807, 2.05) is 13.0 Å². The number of hydrogen-bond acceptors (Lipinski definition) is 7. The first kappa shape index (κ1) is 26.7. The summed E-state index contributed by atoms with van der Waals surface area (Å²) in [5.74, 6) is -0.843. The van der Waals surface area contributed by atoms with Crippen LogP contribution in [0.3, 0.4) is 0 Å². The van der Waals surface area contributed by atoms with Crippen LogP contribution in [-0.4, -0.2) is 49.9 Å². The molecular weight excluding hydrogens is 498 g/mol.